The summed E-state index contributed by atoms with van der Waals surface area (Å²) in [7, 11) is 0. The van der Waals surface area contributed by atoms with Crippen LogP contribution in [-0.2, 0) is 24.2 Å². The molecule has 2 aromatic rings. The number of nitrogens with one attached hydrogen (secondary N) is 2. The highest BCUT2D eigenvalue weighted by Gasteiger charge is 2.25. The van der Waals surface area contributed by atoms with E-state index in [0.717, 1.165) is 41.3 Å². The van der Waals surface area contributed by atoms with E-state index >= 15 is 0 Å². The molecule has 0 bridgehead atoms. The maximum atomic E-state index is 12.4. The summed E-state index contributed by atoms with van der Waals surface area (Å²) in [4.78, 5) is 21.6. The smallest absolute Gasteiger partial charge is 0.226 e. The minimum Gasteiger partial charge on any atom is -0.369 e. The number of nitrogens with zero attached hydrogens (tertiary/aromatic N) is 2. The molecule has 0 fully saturated rings. The van der Waals surface area contributed by atoms with Gasteiger partial charge in [-0.25, -0.2) is 0 Å². The second-order valence-electron chi connectivity index (χ2n) is 6.31. The molecule has 5 heteroatoms. The molecule has 1 amide bonds. The van der Waals surface area contributed by atoms with Gasteiger partial charge in [0.25, 0.3) is 0 Å². The molecule has 122 valence electrons. The van der Waals surface area contributed by atoms with Gasteiger partial charge in [-0.2, -0.15) is 0 Å². The highest BCUT2D eigenvalue weighted by molar-refractivity contribution is 6.03. The van der Waals surface area contributed by atoms with Crippen LogP contribution in [0.4, 0.5) is 0 Å². The van der Waals surface area contributed by atoms with E-state index in [2.05, 4.69) is 15.6 Å². The quantitative estimate of drug-likeness (QED) is 0.904. The average molecular weight is 320 g/mol. The van der Waals surface area contributed by atoms with Gasteiger partial charge in [-0.05, 0) is 24.1 Å². The molecular weight excluding hydrogens is 300 g/mol. The van der Waals surface area contributed by atoms with Crippen molar-refractivity contribution in [1.82, 2.24) is 15.6 Å². The van der Waals surface area contributed by atoms with E-state index in [0.29, 0.717) is 13.0 Å². The summed E-state index contributed by atoms with van der Waals surface area (Å²) in [6.45, 7) is 3.54. The fourth-order valence-corrected chi connectivity index (χ4v) is 3.37. The molecule has 0 radical (unpaired) electrons. The molecule has 0 spiro atoms. The molecule has 0 unspecified atom stereocenters. The first-order valence-electron chi connectivity index (χ1n) is 8.35. The Balaban J connectivity index is 1.47. The average Bonchev–Trinajstić information content (AvgIpc) is 3.00. The molecule has 0 aliphatic carbocycles. The molecule has 5 nitrogen and oxygen atoms in total. The van der Waals surface area contributed by atoms with Gasteiger partial charge in [-0.15, -0.1) is 0 Å². The fourth-order valence-electron chi connectivity index (χ4n) is 3.37. The van der Waals surface area contributed by atoms with Crippen molar-refractivity contribution < 1.29 is 4.79 Å². The number of rotatable bonds is 4. The topological polar surface area (TPSA) is 66.4 Å². The lowest BCUT2D eigenvalue weighted by Crippen LogP contribution is -2.33. The van der Waals surface area contributed by atoms with Crippen molar-refractivity contribution in [2.24, 2.45) is 4.99 Å². The SMILES string of the molecule is C[C@@H](NC(=O)Cc1cc2c3c(n1)CCNC3=NC2)c1ccccc1. The molecule has 24 heavy (non-hydrogen) atoms. The van der Waals surface area contributed by atoms with E-state index in [-0.39, 0.29) is 11.9 Å². The summed E-state index contributed by atoms with van der Waals surface area (Å²) in [6, 6.07) is 12.0. The normalized spacial score (nSPS) is 16.0. The lowest BCUT2D eigenvalue weighted by molar-refractivity contribution is -0.121. The first kappa shape index (κ1) is 14.9. The summed E-state index contributed by atoms with van der Waals surface area (Å²) in [5.41, 5.74) is 5.34. The van der Waals surface area contributed by atoms with Crippen LogP contribution in [0.3, 0.4) is 0 Å². The second-order valence-corrected chi connectivity index (χ2v) is 6.31. The zero-order valence-corrected chi connectivity index (χ0v) is 13.7. The number of hydrogen-bond acceptors (Lipinski definition) is 4. The summed E-state index contributed by atoms with van der Waals surface area (Å²) in [5, 5.41) is 6.36. The number of amidine groups is 1. The number of aromatic nitrogens is 1. The van der Waals surface area contributed by atoms with Crippen LogP contribution in [0.1, 0.15) is 41.0 Å². The maximum absolute atomic E-state index is 12.4. The van der Waals surface area contributed by atoms with E-state index in [1.165, 1.54) is 5.56 Å². The van der Waals surface area contributed by atoms with E-state index in [1.807, 2.05) is 43.3 Å². The van der Waals surface area contributed by atoms with Gasteiger partial charge in [0, 0.05) is 18.5 Å². The molecule has 2 N–H and O–H groups in total. The van der Waals surface area contributed by atoms with Gasteiger partial charge in [0.05, 0.1) is 30.4 Å². The van der Waals surface area contributed by atoms with Crippen LogP contribution in [0, 0.1) is 0 Å². The van der Waals surface area contributed by atoms with Gasteiger partial charge in [-0.1, -0.05) is 30.3 Å². The third-order valence-electron chi connectivity index (χ3n) is 4.55. The lowest BCUT2D eigenvalue weighted by atomic mass is 10.0. The molecule has 3 heterocycles. The van der Waals surface area contributed by atoms with Crippen molar-refractivity contribution in [2.75, 3.05) is 6.54 Å². The van der Waals surface area contributed by atoms with Crippen LogP contribution in [0.5, 0.6) is 0 Å². The molecule has 0 saturated carbocycles. The van der Waals surface area contributed by atoms with Crippen molar-refractivity contribution in [2.45, 2.75) is 32.4 Å². The number of carbonyl (C=O) groups excluding carboxylic acids is 1. The van der Waals surface area contributed by atoms with Gasteiger partial charge in [0.2, 0.25) is 5.91 Å². The molecule has 1 atom stereocenters. The predicted molar refractivity (Wildman–Crippen MR) is 92.9 cm³/mol. The highest BCUT2D eigenvalue weighted by Crippen LogP contribution is 2.24. The molecule has 2 aliphatic heterocycles. The van der Waals surface area contributed by atoms with Crippen molar-refractivity contribution in [3.8, 4) is 0 Å². The Kier molecular flexibility index (Phi) is 3.76. The minimum atomic E-state index is -0.00869. The Morgan fingerprint density at radius 1 is 1.33 bits per heavy atom. The number of hydrogen-bond donors (Lipinski definition) is 2. The van der Waals surface area contributed by atoms with Crippen molar-refractivity contribution >= 4 is 11.7 Å². The predicted octanol–water partition coefficient (Wildman–Crippen LogP) is 1.91. The summed E-state index contributed by atoms with van der Waals surface area (Å²) in [6.07, 6.45) is 1.19. The Labute approximate surface area is 141 Å². The van der Waals surface area contributed by atoms with Gasteiger partial charge in [0.15, 0.2) is 0 Å². The third kappa shape index (κ3) is 2.77. The monoisotopic (exact) mass is 320 g/mol. The Morgan fingerprint density at radius 2 is 2.17 bits per heavy atom. The fraction of sp³-hybridized carbons (Fsp3) is 0.316. The van der Waals surface area contributed by atoms with Crippen molar-refractivity contribution in [3.05, 3.63) is 64.5 Å². The Morgan fingerprint density at radius 3 is 3.00 bits per heavy atom. The van der Waals surface area contributed by atoms with Gasteiger partial charge >= 0.3 is 0 Å². The van der Waals surface area contributed by atoms with Crippen LogP contribution < -0.4 is 10.6 Å². The highest BCUT2D eigenvalue weighted by atomic mass is 16.1. The zero-order valence-electron chi connectivity index (χ0n) is 13.7. The Hall–Kier alpha value is -2.69. The van der Waals surface area contributed by atoms with Crippen LogP contribution >= 0.6 is 0 Å². The molecule has 0 saturated heterocycles. The molecule has 1 aromatic carbocycles. The van der Waals surface area contributed by atoms with Crippen LogP contribution in [-0.4, -0.2) is 23.3 Å². The molecule has 2 aliphatic rings. The zero-order chi connectivity index (χ0) is 16.5. The largest absolute Gasteiger partial charge is 0.369 e. The maximum Gasteiger partial charge on any atom is 0.226 e. The van der Waals surface area contributed by atoms with Crippen molar-refractivity contribution in [3.63, 3.8) is 0 Å². The number of amides is 1. The van der Waals surface area contributed by atoms with E-state index < -0.39 is 0 Å². The first-order valence-corrected chi connectivity index (χ1v) is 8.35. The van der Waals surface area contributed by atoms with Crippen LogP contribution in [0.2, 0.25) is 0 Å². The summed E-state index contributed by atoms with van der Waals surface area (Å²) < 4.78 is 0. The minimum absolute atomic E-state index is 0.000855. The second kappa shape index (κ2) is 6.07. The molecular formula is C19H20N4O. The number of benzene rings is 1. The van der Waals surface area contributed by atoms with Crippen LogP contribution in [0.25, 0.3) is 0 Å². The third-order valence-corrected chi connectivity index (χ3v) is 4.55. The van der Waals surface area contributed by atoms with Crippen LogP contribution in [0.15, 0.2) is 41.4 Å². The van der Waals surface area contributed by atoms with Gasteiger partial charge in [-0.3, -0.25) is 14.8 Å². The number of carbonyl (C=O) groups is 1. The Bertz CT molecular complexity index is 814. The number of pyridine rings is 1. The lowest BCUT2D eigenvalue weighted by Gasteiger charge is -2.19. The van der Waals surface area contributed by atoms with E-state index in [9.17, 15) is 4.79 Å². The standard InChI is InChI=1S/C19H20N4O/c1-12(13-5-3-2-4-6-13)22-17(24)10-15-9-14-11-21-19-18(14)16(23-15)7-8-20-19/h2-6,9,12H,7-8,10-11H2,1H3,(H,20,21)(H,22,24)/t12-/m1/s1. The van der Waals surface area contributed by atoms with Crippen molar-refractivity contribution in [1.29, 1.82) is 0 Å². The summed E-state index contributed by atoms with van der Waals surface area (Å²) in [5.74, 6) is 0.964. The first-order chi connectivity index (χ1) is 11.7. The number of aliphatic imine (C=N–C) groups is 1. The molecule has 1 aromatic heterocycles. The van der Waals surface area contributed by atoms with Gasteiger partial charge in [0.1, 0.15) is 5.84 Å². The summed E-state index contributed by atoms with van der Waals surface area (Å²) >= 11 is 0. The molecule has 4 rings (SSSR count). The van der Waals surface area contributed by atoms with E-state index in [4.69, 9.17) is 4.98 Å². The van der Waals surface area contributed by atoms with E-state index in [1.54, 1.807) is 0 Å². The van der Waals surface area contributed by atoms with Gasteiger partial charge < -0.3 is 10.6 Å².